The Bertz CT molecular complexity index is 565. The first-order valence-electron chi connectivity index (χ1n) is 7.03. The Labute approximate surface area is 128 Å². The summed E-state index contributed by atoms with van der Waals surface area (Å²) < 4.78 is 14.0. The Morgan fingerprint density at radius 1 is 1.29 bits per heavy atom. The monoisotopic (exact) mass is 312 g/mol. The molecule has 1 aromatic rings. The van der Waals surface area contributed by atoms with Crippen molar-refractivity contribution in [3.8, 4) is 0 Å². The van der Waals surface area contributed by atoms with Crippen molar-refractivity contribution in [2.75, 3.05) is 0 Å². The minimum atomic E-state index is -0.571. The number of hydrogen-bond acceptors (Lipinski definition) is 2. The summed E-state index contributed by atoms with van der Waals surface area (Å²) in [7, 11) is 0. The van der Waals surface area contributed by atoms with E-state index in [0.29, 0.717) is 18.4 Å². The van der Waals surface area contributed by atoms with E-state index in [1.165, 1.54) is 11.0 Å². The van der Waals surface area contributed by atoms with Crippen LogP contribution in [0.3, 0.4) is 0 Å². The Morgan fingerprint density at radius 3 is 2.62 bits per heavy atom. The normalized spacial score (nSPS) is 22.4. The van der Waals surface area contributed by atoms with Crippen LogP contribution in [0.25, 0.3) is 0 Å². The van der Waals surface area contributed by atoms with Gasteiger partial charge in [-0.15, -0.1) is 0 Å². The third-order valence-electron chi connectivity index (χ3n) is 3.74. The van der Waals surface area contributed by atoms with Gasteiger partial charge in [-0.05, 0) is 18.9 Å². The summed E-state index contributed by atoms with van der Waals surface area (Å²) in [5.41, 5.74) is 0.318. The van der Waals surface area contributed by atoms with E-state index in [0.717, 1.165) is 0 Å². The maximum absolute atomic E-state index is 14.0. The zero-order valence-electron chi connectivity index (χ0n) is 12.0. The summed E-state index contributed by atoms with van der Waals surface area (Å²) in [6.45, 7) is 3.70. The zero-order valence-corrected chi connectivity index (χ0v) is 12.8. The fourth-order valence-electron chi connectivity index (χ4n) is 2.55. The number of nitrogens with zero attached hydrogens (tertiary/aromatic N) is 1. The lowest BCUT2D eigenvalue weighted by atomic mass is 10.0. The van der Waals surface area contributed by atoms with E-state index >= 15 is 0 Å². The van der Waals surface area contributed by atoms with Crippen molar-refractivity contribution in [3.05, 3.63) is 34.6 Å². The molecule has 0 spiro atoms. The molecule has 0 saturated carbocycles. The second-order valence-electron chi connectivity index (χ2n) is 5.07. The number of halogens is 2. The fourth-order valence-corrected chi connectivity index (χ4v) is 2.74. The summed E-state index contributed by atoms with van der Waals surface area (Å²) in [4.78, 5) is 25.9. The number of rotatable bonds is 4. The molecule has 1 aromatic carbocycles. The molecule has 0 aromatic heterocycles. The van der Waals surface area contributed by atoms with Crippen LogP contribution in [-0.2, 0) is 16.1 Å². The van der Waals surface area contributed by atoms with Gasteiger partial charge in [-0.3, -0.25) is 9.59 Å². The third kappa shape index (κ3) is 3.02. The fraction of sp³-hybridized carbons (Fsp3) is 0.467. The number of benzene rings is 1. The van der Waals surface area contributed by atoms with Crippen molar-refractivity contribution in [2.45, 2.75) is 45.3 Å². The number of nitrogens with one attached hydrogen (secondary N) is 1. The van der Waals surface area contributed by atoms with Crippen LogP contribution in [-0.4, -0.2) is 28.8 Å². The Balaban J connectivity index is 2.31. The third-order valence-corrected chi connectivity index (χ3v) is 4.04. The number of hydrogen-bond donors (Lipinski definition) is 1. The lowest BCUT2D eigenvalue weighted by Gasteiger charge is -2.38. The Kier molecular flexibility index (Phi) is 4.83. The highest BCUT2D eigenvalue weighted by molar-refractivity contribution is 6.30. The largest absolute Gasteiger partial charge is 0.343 e. The van der Waals surface area contributed by atoms with Crippen molar-refractivity contribution >= 4 is 23.4 Å². The van der Waals surface area contributed by atoms with E-state index in [9.17, 15) is 14.0 Å². The molecule has 2 unspecified atom stereocenters. The molecular weight excluding hydrogens is 295 g/mol. The van der Waals surface area contributed by atoms with E-state index in [2.05, 4.69) is 5.32 Å². The van der Waals surface area contributed by atoms with Crippen LogP contribution in [0.5, 0.6) is 0 Å². The second kappa shape index (κ2) is 6.43. The highest BCUT2D eigenvalue weighted by Crippen LogP contribution is 2.23. The number of carbonyl (C=O) groups is 2. The Morgan fingerprint density at radius 2 is 2.00 bits per heavy atom. The molecule has 1 aliphatic heterocycles. The first-order valence-corrected chi connectivity index (χ1v) is 7.41. The molecule has 2 amide bonds. The van der Waals surface area contributed by atoms with E-state index in [1.54, 1.807) is 12.1 Å². The zero-order chi connectivity index (χ0) is 15.6. The van der Waals surface area contributed by atoms with Crippen molar-refractivity contribution in [2.24, 2.45) is 0 Å². The number of amides is 2. The predicted octanol–water partition coefficient (Wildman–Crippen LogP) is 2.49. The van der Waals surface area contributed by atoms with Gasteiger partial charge in [-0.1, -0.05) is 37.6 Å². The van der Waals surface area contributed by atoms with Crippen LogP contribution in [0.1, 0.15) is 32.3 Å². The van der Waals surface area contributed by atoms with Gasteiger partial charge in [0, 0.05) is 12.1 Å². The minimum absolute atomic E-state index is 0.0153. The van der Waals surface area contributed by atoms with Gasteiger partial charge in [0.25, 0.3) is 0 Å². The van der Waals surface area contributed by atoms with Crippen LogP contribution in [0, 0.1) is 5.82 Å². The Hall–Kier alpha value is -1.62. The first-order chi connectivity index (χ1) is 9.99. The van der Waals surface area contributed by atoms with Gasteiger partial charge in [-0.2, -0.15) is 0 Å². The lowest BCUT2D eigenvalue weighted by molar-refractivity contribution is -0.150. The standard InChI is InChI=1S/C15H18ClFN2O2/c1-3-11-15(21)19(12(4-2)14(20)18-11)8-9-6-5-7-10(16)13(9)17/h5-7,11-12H,3-4,8H2,1-2H3,(H,18,20). The van der Waals surface area contributed by atoms with Gasteiger partial charge < -0.3 is 10.2 Å². The van der Waals surface area contributed by atoms with E-state index in [4.69, 9.17) is 11.6 Å². The molecule has 2 rings (SSSR count). The molecule has 1 heterocycles. The average molecular weight is 313 g/mol. The second-order valence-corrected chi connectivity index (χ2v) is 5.48. The average Bonchev–Trinajstić information content (AvgIpc) is 2.47. The van der Waals surface area contributed by atoms with Gasteiger partial charge in [0.1, 0.15) is 17.9 Å². The summed E-state index contributed by atoms with van der Waals surface area (Å²) in [6.07, 6.45) is 0.992. The van der Waals surface area contributed by atoms with Crippen LogP contribution >= 0.6 is 11.6 Å². The van der Waals surface area contributed by atoms with Gasteiger partial charge in [-0.25, -0.2) is 4.39 Å². The van der Waals surface area contributed by atoms with Crippen LogP contribution < -0.4 is 5.32 Å². The molecule has 0 aliphatic carbocycles. The molecule has 1 saturated heterocycles. The minimum Gasteiger partial charge on any atom is -0.343 e. The van der Waals surface area contributed by atoms with E-state index in [-0.39, 0.29) is 23.4 Å². The van der Waals surface area contributed by atoms with Crippen molar-refractivity contribution in [3.63, 3.8) is 0 Å². The van der Waals surface area contributed by atoms with Gasteiger partial charge >= 0.3 is 0 Å². The molecule has 0 bridgehead atoms. The molecule has 1 aliphatic rings. The van der Waals surface area contributed by atoms with Crippen molar-refractivity contribution in [1.82, 2.24) is 10.2 Å². The van der Waals surface area contributed by atoms with Gasteiger partial charge in [0.15, 0.2) is 0 Å². The molecule has 4 nitrogen and oxygen atoms in total. The first kappa shape index (κ1) is 15.8. The highest BCUT2D eigenvalue weighted by Gasteiger charge is 2.38. The topological polar surface area (TPSA) is 49.4 Å². The quantitative estimate of drug-likeness (QED) is 0.928. The molecule has 21 heavy (non-hydrogen) atoms. The van der Waals surface area contributed by atoms with Crippen molar-refractivity contribution < 1.29 is 14.0 Å². The molecule has 1 fully saturated rings. The molecule has 1 N–H and O–H groups in total. The van der Waals surface area contributed by atoms with Gasteiger partial charge in [0.2, 0.25) is 11.8 Å². The van der Waals surface area contributed by atoms with Crippen LogP contribution in [0.2, 0.25) is 5.02 Å². The summed E-state index contributed by atoms with van der Waals surface area (Å²) in [5.74, 6) is -0.907. The maximum atomic E-state index is 14.0. The SMILES string of the molecule is CCC1NC(=O)C(CC)N(Cc2cccc(Cl)c2F)C1=O. The summed E-state index contributed by atoms with van der Waals surface area (Å²) in [5, 5.41) is 2.72. The van der Waals surface area contributed by atoms with Crippen molar-refractivity contribution in [1.29, 1.82) is 0 Å². The highest BCUT2D eigenvalue weighted by atomic mass is 35.5. The summed E-state index contributed by atoms with van der Waals surface area (Å²) in [6, 6.07) is 3.56. The molecule has 6 heteroatoms. The molecule has 114 valence electrons. The molecule has 0 radical (unpaired) electrons. The smallest absolute Gasteiger partial charge is 0.246 e. The predicted molar refractivity (Wildman–Crippen MR) is 78.3 cm³/mol. The molecular formula is C15H18ClFN2O2. The summed E-state index contributed by atoms with van der Waals surface area (Å²) >= 11 is 5.77. The molecule has 2 atom stereocenters. The van der Waals surface area contributed by atoms with E-state index < -0.39 is 17.9 Å². The number of piperazine rings is 1. The number of carbonyl (C=O) groups excluding carboxylic acids is 2. The lowest BCUT2D eigenvalue weighted by Crippen LogP contribution is -2.62. The van der Waals surface area contributed by atoms with Crippen LogP contribution in [0.15, 0.2) is 18.2 Å². The van der Waals surface area contributed by atoms with Crippen LogP contribution in [0.4, 0.5) is 4.39 Å². The maximum Gasteiger partial charge on any atom is 0.246 e. The van der Waals surface area contributed by atoms with Gasteiger partial charge in [0.05, 0.1) is 5.02 Å². The van der Waals surface area contributed by atoms with E-state index in [1.807, 2.05) is 13.8 Å².